The van der Waals surface area contributed by atoms with Crippen molar-refractivity contribution in [2.45, 2.75) is 32.9 Å². The van der Waals surface area contributed by atoms with Crippen LogP contribution in [0.4, 0.5) is 0 Å². The molecule has 0 radical (unpaired) electrons. The lowest BCUT2D eigenvalue weighted by Gasteiger charge is -2.17. The fourth-order valence-electron chi connectivity index (χ4n) is 1.63. The summed E-state index contributed by atoms with van der Waals surface area (Å²) in [5.74, 6) is 1.21. The molecule has 1 N–H and O–H groups in total. The van der Waals surface area contributed by atoms with Gasteiger partial charge in [-0.15, -0.1) is 0 Å². The van der Waals surface area contributed by atoms with Crippen molar-refractivity contribution in [3.8, 4) is 11.5 Å². The predicted octanol–water partition coefficient (Wildman–Crippen LogP) is 3.80. The van der Waals surface area contributed by atoms with Crippen LogP contribution in [-0.2, 0) is 6.54 Å². The fourth-order valence-corrected chi connectivity index (χ4v) is 1.91. The van der Waals surface area contributed by atoms with Crippen molar-refractivity contribution >= 4 is 11.6 Å². The van der Waals surface area contributed by atoms with E-state index in [4.69, 9.17) is 21.1 Å². The highest BCUT2D eigenvalue weighted by Gasteiger charge is 2.13. The highest BCUT2D eigenvalue weighted by atomic mass is 35.5. The second kappa shape index (κ2) is 8.08. The zero-order valence-electron chi connectivity index (χ0n) is 11.8. The Morgan fingerprint density at radius 1 is 1.47 bits per heavy atom. The van der Waals surface area contributed by atoms with Gasteiger partial charge in [0.2, 0.25) is 0 Å². The van der Waals surface area contributed by atoms with Crippen molar-refractivity contribution in [2.24, 2.45) is 0 Å². The Hall–Kier alpha value is -1.19. The largest absolute Gasteiger partial charge is 0.493 e. The van der Waals surface area contributed by atoms with Gasteiger partial charge in [0.15, 0.2) is 11.5 Å². The van der Waals surface area contributed by atoms with Gasteiger partial charge >= 0.3 is 0 Å². The highest BCUT2D eigenvalue weighted by Crippen LogP contribution is 2.37. The molecule has 1 aromatic rings. The summed E-state index contributed by atoms with van der Waals surface area (Å²) in [6, 6.07) is 3.84. The standard InChI is InChI=1S/C15H22ClNO2/c1-5-7-17-10-12-8-13(16)15(14(9-12)18-4)19-11(3)6-2/h6,8-9,11,17H,2,5,7,10H2,1,3-4H3. The molecule has 0 aliphatic carbocycles. The quantitative estimate of drug-likeness (QED) is 0.581. The zero-order chi connectivity index (χ0) is 14.3. The first-order valence-corrected chi connectivity index (χ1v) is 6.86. The molecule has 19 heavy (non-hydrogen) atoms. The van der Waals surface area contributed by atoms with Crippen molar-refractivity contribution in [3.05, 3.63) is 35.4 Å². The number of hydrogen-bond donors (Lipinski definition) is 1. The highest BCUT2D eigenvalue weighted by molar-refractivity contribution is 6.32. The molecular formula is C15H22ClNO2. The van der Waals surface area contributed by atoms with Crippen molar-refractivity contribution in [2.75, 3.05) is 13.7 Å². The molecular weight excluding hydrogens is 262 g/mol. The zero-order valence-corrected chi connectivity index (χ0v) is 12.6. The van der Waals surface area contributed by atoms with Crippen molar-refractivity contribution in [1.29, 1.82) is 0 Å². The van der Waals surface area contributed by atoms with Crippen LogP contribution in [0.1, 0.15) is 25.8 Å². The smallest absolute Gasteiger partial charge is 0.180 e. The average molecular weight is 284 g/mol. The van der Waals surface area contributed by atoms with Gasteiger partial charge in [-0.05, 0) is 37.6 Å². The van der Waals surface area contributed by atoms with Crippen LogP contribution in [0.5, 0.6) is 11.5 Å². The van der Waals surface area contributed by atoms with E-state index < -0.39 is 0 Å². The van der Waals surface area contributed by atoms with Gasteiger partial charge in [0, 0.05) is 6.54 Å². The van der Waals surface area contributed by atoms with Crippen molar-refractivity contribution < 1.29 is 9.47 Å². The Bertz CT molecular complexity index is 421. The summed E-state index contributed by atoms with van der Waals surface area (Å²) >= 11 is 6.26. The molecule has 0 heterocycles. The van der Waals surface area contributed by atoms with Crippen LogP contribution >= 0.6 is 11.6 Å². The average Bonchev–Trinajstić information content (AvgIpc) is 2.41. The van der Waals surface area contributed by atoms with E-state index in [1.165, 1.54) is 0 Å². The summed E-state index contributed by atoms with van der Waals surface area (Å²) in [6.45, 7) is 9.47. The third kappa shape index (κ3) is 4.77. The first kappa shape index (κ1) is 15.9. The van der Waals surface area contributed by atoms with Gasteiger partial charge in [0.25, 0.3) is 0 Å². The Labute approximate surface area is 120 Å². The minimum atomic E-state index is -0.115. The molecule has 0 aromatic heterocycles. The molecule has 0 fully saturated rings. The second-order valence-corrected chi connectivity index (χ2v) is 4.75. The third-order valence-corrected chi connectivity index (χ3v) is 2.96. The Morgan fingerprint density at radius 3 is 2.79 bits per heavy atom. The minimum Gasteiger partial charge on any atom is -0.493 e. The lowest BCUT2D eigenvalue weighted by Crippen LogP contribution is -2.14. The van der Waals surface area contributed by atoms with Crippen LogP contribution in [-0.4, -0.2) is 19.8 Å². The van der Waals surface area contributed by atoms with Gasteiger partial charge in [-0.3, -0.25) is 0 Å². The van der Waals surface area contributed by atoms with E-state index in [2.05, 4.69) is 18.8 Å². The molecule has 3 nitrogen and oxygen atoms in total. The van der Waals surface area contributed by atoms with Gasteiger partial charge in [-0.25, -0.2) is 0 Å². The van der Waals surface area contributed by atoms with Gasteiger partial charge in [-0.1, -0.05) is 31.2 Å². The topological polar surface area (TPSA) is 30.5 Å². The number of nitrogens with one attached hydrogen (secondary N) is 1. The molecule has 0 saturated heterocycles. The summed E-state index contributed by atoms with van der Waals surface area (Å²) in [5.41, 5.74) is 1.08. The van der Waals surface area contributed by atoms with Crippen LogP contribution in [0.3, 0.4) is 0 Å². The summed E-state index contributed by atoms with van der Waals surface area (Å²) in [5, 5.41) is 3.89. The van der Waals surface area contributed by atoms with E-state index in [0.29, 0.717) is 16.5 Å². The number of benzene rings is 1. The lowest BCUT2D eigenvalue weighted by atomic mass is 10.2. The second-order valence-electron chi connectivity index (χ2n) is 4.34. The maximum atomic E-state index is 6.26. The van der Waals surface area contributed by atoms with E-state index >= 15 is 0 Å². The molecule has 106 valence electrons. The molecule has 1 rings (SSSR count). The molecule has 1 atom stereocenters. The van der Waals surface area contributed by atoms with Crippen LogP contribution in [0, 0.1) is 0 Å². The number of ether oxygens (including phenoxy) is 2. The third-order valence-electron chi connectivity index (χ3n) is 2.68. The van der Waals surface area contributed by atoms with E-state index in [0.717, 1.165) is 25.1 Å². The Balaban J connectivity index is 2.90. The summed E-state index contributed by atoms with van der Waals surface area (Å²) < 4.78 is 11.0. The Kier molecular flexibility index (Phi) is 6.74. The molecule has 4 heteroatoms. The Morgan fingerprint density at radius 2 is 2.21 bits per heavy atom. The lowest BCUT2D eigenvalue weighted by molar-refractivity contribution is 0.254. The van der Waals surface area contributed by atoms with Crippen molar-refractivity contribution in [3.63, 3.8) is 0 Å². The summed E-state index contributed by atoms with van der Waals surface area (Å²) in [4.78, 5) is 0. The number of rotatable bonds is 8. The van der Waals surface area contributed by atoms with Gasteiger partial charge < -0.3 is 14.8 Å². The summed E-state index contributed by atoms with van der Waals surface area (Å²) in [7, 11) is 1.61. The van der Waals surface area contributed by atoms with Crippen LogP contribution in [0.15, 0.2) is 24.8 Å². The van der Waals surface area contributed by atoms with Crippen molar-refractivity contribution in [1.82, 2.24) is 5.32 Å². The molecule has 0 saturated carbocycles. The number of methoxy groups -OCH3 is 1. The van der Waals surface area contributed by atoms with Crippen LogP contribution in [0.25, 0.3) is 0 Å². The molecule has 0 spiro atoms. The van der Waals surface area contributed by atoms with E-state index in [1.54, 1.807) is 13.2 Å². The predicted molar refractivity (Wildman–Crippen MR) is 80.3 cm³/mol. The monoisotopic (exact) mass is 283 g/mol. The van der Waals surface area contributed by atoms with Gasteiger partial charge in [0.05, 0.1) is 12.1 Å². The van der Waals surface area contributed by atoms with Crippen LogP contribution in [0.2, 0.25) is 5.02 Å². The first-order valence-electron chi connectivity index (χ1n) is 6.48. The van der Waals surface area contributed by atoms with Gasteiger partial charge in [-0.2, -0.15) is 0 Å². The summed E-state index contributed by atoms with van der Waals surface area (Å²) in [6.07, 6.45) is 2.70. The van der Waals surface area contributed by atoms with E-state index in [-0.39, 0.29) is 6.10 Å². The van der Waals surface area contributed by atoms with E-state index in [9.17, 15) is 0 Å². The molecule has 0 aliphatic rings. The molecule has 0 bridgehead atoms. The number of hydrogen-bond acceptors (Lipinski definition) is 3. The van der Waals surface area contributed by atoms with Gasteiger partial charge in [0.1, 0.15) is 6.10 Å². The SMILES string of the molecule is C=CC(C)Oc1c(Cl)cc(CNCCC)cc1OC. The van der Waals surface area contributed by atoms with E-state index in [1.807, 2.05) is 19.1 Å². The maximum Gasteiger partial charge on any atom is 0.180 e. The first-order chi connectivity index (χ1) is 9.12. The van der Waals surface area contributed by atoms with Crippen LogP contribution < -0.4 is 14.8 Å². The number of halogens is 1. The maximum absolute atomic E-state index is 6.26. The molecule has 0 amide bonds. The molecule has 0 aliphatic heterocycles. The fraction of sp³-hybridized carbons (Fsp3) is 0.467. The normalized spacial score (nSPS) is 12.0. The molecule has 1 unspecified atom stereocenters. The minimum absolute atomic E-state index is 0.115. The molecule has 1 aromatic carbocycles.